The van der Waals surface area contributed by atoms with Gasteiger partial charge in [-0.25, -0.2) is 0 Å². The van der Waals surface area contributed by atoms with Crippen molar-refractivity contribution in [3.8, 4) is 0 Å². The molecular weight excluding hydrogens is 366 g/mol. The lowest BCUT2D eigenvalue weighted by Crippen LogP contribution is -2.10. The van der Waals surface area contributed by atoms with E-state index in [9.17, 15) is 4.79 Å². The molecule has 2 aromatic carbocycles. The van der Waals surface area contributed by atoms with Crippen LogP contribution in [-0.4, -0.2) is 12.2 Å². The quantitative estimate of drug-likeness (QED) is 0.511. The topological polar surface area (TPSA) is 42.2 Å². The van der Waals surface area contributed by atoms with E-state index in [2.05, 4.69) is 39.9 Å². The molecule has 1 amide bonds. The zero-order valence-electron chi connectivity index (χ0n) is 17.4. The summed E-state index contributed by atoms with van der Waals surface area (Å²) in [7, 11) is 0. The maximum atomic E-state index is 12.6. The Morgan fingerprint density at radius 1 is 0.929 bits per heavy atom. The van der Waals surface area contributed by atoms with E-state index in [4.69, 9.17) is 4.42 Å². The summed E-state index contributed by atoms with van der Waals surface area (Å²) in [4.78, 5) is 13.7. The molecule has 0 saturated heterocycles. The molecule has 4 heteroatoms. The minimum Gasteiger partial charge on any atom is -0.456 e. The zero-order chi connectivity index (χ0) is 20.4. The van der Waals surface area contributed by atoms with Crippen LogP contribution in [0.4, 0.5) is 5.69 Å². The summed E-state index contributed by atoms with van der Waals surface area (Å²) >= 11 is 1.64. The number of benzene rings is 2. The summed E-state index contributed by atoms with van der Waals surface area (Å²) in [6.07, 6.45) is 2.70. The molecule has 0 spiro atoms. The third-order valence-corrected chi connectivity index (χ3v) is 6.44. The molecule has 0 bridgehead atoms. The van der Waals surface area contributed by atoms with Crippen LogP contribution in [0.1, 0.15) is 49.7 Å². The highest BCUT2D eigenvalue weighted by atomic mass is 32.2. The van der Waals surface area contributed by atoms with E-state index >= 15 is 0 Å². The number of thioether (sulfide) groups is 1. The van der Waals surface area contributed by atoms with Crippen LogP contribution in [0.2, 0.25) is 0 Å². The van der Waals surface area contributed by atoms with Gasteiger partial charge >= 0.3 is 0 Å². The Bertz CT molecular complexity index is 1000. The van der Waals surface area contributed by atoms with E-state index in [0.29, 0.717) is 12.2 Å². The number of carbonyl (C=O) groups is 1. The number of hydrogen-bond acceptors (Lipinski definition) is 3. The SMILES string of the molecule is CSc1cccc(NC(=O)c2ccc(Cc3c(C)c(C)c(C)c(C)c3C)o2)c1. The highest BCUT2D eigenvalue weighted by Gasteiger charge is 2.16. The Morgan fingerprint density at radius 3 is 2.21 bits per heavy atom. The minimum absolute atomic E-state index is 0.228. The fourth-order valence-electron chi connectivity index (χ4n) is 3.51. The van der Waals surface area contributed by atoms with Crippen LogP contribution >= 0.6 is 11.8 Å². The van der Waals surface area contributed by atoms with Gasteiger partial charge in [-0.2, -0.15) is 0 Å². The maximum Gasteiger partial charge on any atom is 0.291 e. The molecule has 0 saturated carbocycles. The lowest BCUT2D eigenvalue weighted by Gasteiger charge is -2.18. The molecular formula is C24H27NO2S. The van der Waals surface area contributed by atoms with Gasteiger partial charge in [0.1, 0.15) is 5.76 Å². The molecule has 0 radical (unpaired) electrons. The van der Waals surface area contributed by atoms with E-state index < -0.39 is 0 Å². The second kappa shape index (κ2) is 8.27. The number of nitrogens with one attached hydrogen (secondary N) is 1. The van der Waals surface area contributed by atoms with Crippen molar-refractivity contribution < 1.29 is 9.21 Å². The number of anilines is 1. The first-order valence-corrected chi connectivity index (χ1v) is 10.6. The van der Waals surface area contributed by atoms with Crippen molar-refractivity contribution in [2.24, 2.45) is 0 Å². The van der Waals surface area contributed by atoms with Gasteiger partial charge in [0.25, 0.3) is 5.91 Å². The molecule has 0 fully saturated rings. The van der Waals surface area contributed by atoms with Crippen molar-refractivity contribution >= 4 is 23.4 Å². The summed E-state index contributed by atoms with van der Waals surface area (Å²) in [5, 5.41) is 2.91. The zero-order valence-corrected chi connectivity index (χ0v) is 18.2. The van der Waals surface area contributed by atoms with Crippen LogP contribution in [0.3, 0.4) is 0 Å². The van der Waals surface area contributed by atoms with Crippen molar-refractivity contribution in [3.05, 3.63) is 81.3 Å². The van der Waals surface area contributed by atoms with Crippen LogP contribution in [0, 0.1) is 34.6 Å². The lowest BCUT2D eigenvalue weighted by atomic mass is 9.88. The minimum atomic E-state index is -0.228. The summed E-state index contributed by atoms with van der Waals surface area (Å²) in [5.41, 5.74) is 8.67. The van der Waals surface area contributed by atoms with E-state index in [1.165, 1.54) is 33.4 Å². The van der Waals surface area contributed by atoms with Gasteiger partial charge in [-0.3, -0.25) is 4.79 Å². The van der Waals surface area contributed by atoms with Gasteiger partial charge in [0.15, 0.2) is 5.76 Å². The molecule has 3 rings (SSSR count). The Morgan fingerprint density at radius 2 is 1.57 bits per heavy atom. The highest BCUT2D eigenvalue weighted by Crippen LogP contribution is 2.28. The number of rotatable bonds is 5. The summed E-state index contributed by atoms with van der Waals surface area (Å²) in [5.74, 6) is 0.909. The van der Waals surface area contributed by atoms with Crippen molar-refractivity contribution in [1.29, 1.82) is 0 Å². The first-order chi connectivity index (χ1) is 13.3. The Hall–Kier alpha value is -2.46. The second-order valence-corrected chi connectivity index (χ2v) is 8.11. The van der Waals surface area contributed by atoms with Crippen LogP contribution in [0.25, 0.3) is 0 Å². The molecule has 28 heavy (non-hydrogen) atoms. The highest BCUT2D eigenvalue weighted by molar-refractivity contribution is 7.98. The molecule has 146 valence electrons. The van der Waals surface area contributed by atoms with E-state index in [0.717, 1.165) is 16.3 Å². The van der Waals surface area contributed by atoms with Gasteiger partial charge < -0.3 is 9.73 Å². The van der Waals surface area contributed by atoms with Crippen LogP contribution in [0.5, 0.6) is 0 Å². The number of hydrogen-bond donors (Lipinski definition) is 1. The first kappa shape index (κ1) is 20.3. The number of amides is 1. The molecule has 1 heterocycles. The molecule has 0 aliphatic carbocycles. The fraction of sp³-hybridized carbons (Fsp3) is 0.292. The largest absolute Gasteiger partial charge is 0.456 e. The average molecular weight is 394 g/mol. The third kappa shape index (κ3) is 4.02. The van der Waals surface area contributed by atoms with Gasteiger partial charge in [-0.05, 0) is 105 Å². The van der Waals surface area contributed by atoms with Gasteiger partial charge in [0.2, 0.25) is 0 Å². The van der Waals surface area contributed by atoms with Crippen LogP contribution < -0.4 is 5.32 Å². The third-order valence-electron chi connectivity index (χ3n) is 5.72. The predicted molar refractivity (Wildman–Crippen MR) is 118 cm³/mol. The first-order valence-electron chi connectivity index (χ1n) is 9.41. The van der Waals surface area contributed by atoms with Crippen molar-refractivity contribution in [2.75, 3.05) is 11.6 Å². The smallest absolute Gasteiger partial charge is 0.291 e. The Balaban J connectivity index is 1.80. The molecule has 1 N–H and O–H groups in total. The van der Waals surface area contributed by atoms with Crippen molar-refractivity contribution in [2.45, 2.75) is 45.9 Å². The predicted octanol–water partition coefficient (Wildman–Crippen LogP) is 6.39. The van der Waals surface area contributed by atoms with Crippen molar-refractivity contribution in [1.82, 2.24) is 0 Å². The summed E-state index contributed by atoms with van der Waals surface area (Å²) in [6.45, 7) is 10.9. The maximum absolute atomic E-state index is 12.6. The van der Waals surface area contributed by atoms with Crippen molar-refractivity contribution in [3.63, 3.8) is 0 Å². The summed E-state index contributed by atoms with van der Waals surface area (Å²) < 4.78 is 5.88. The van der Waals surface area contributed by atoms with Gasteiger partial charge in [-0.15, -0.1) is 11.8 Å². The Labute approximate surface area is 171 Å². The molecule has 1 aromatic heterocycles. The van der Waals surface area contributed by atoms with E-state index in [1.807, 2.05) is 36.6 Å². The average Bonchev–Trinajstić information content (AvgIpc) is 3.17. The van der Waals surface area contributed by atoms with Gasteiger partial charge in [-0.1, -0.05) is 6.07 Å². The van der Waals surface area contributed by atoms with E-state index in [-0.39, 0.29) is 5.91 Å². The number of furan rings is 1. The summed E-state index contributed by atoms with van der Waals surface area (Å²) in [6, 6.07) is 11.4. The molecule has 3 nitrogen and oxygen atoms in total. The van der Waals surface area contributed by atoms with Gasteiger partial charge in [0, 0.05) is 17.0 Å². The van der Waals surface area contributed by atoms with Crippen LogP contribution in [0.15, 0.2) is 45.7 Å². The monoisotopic (exact) mass is 393 g/mol. The molecule has 0 atom stereocenters. The molecule has 0 unspecified atom stereocenters. The lowest BCUT2D eigenvalue weighted by molar-refractivity contribution is 0.0995. The number of carbonyl (C=O) groups excluding carboxylic acids is 1. The van der Waals surface area contributed by atoms with Gasteiger partial charge in [0.05, 0.1) is 0 Å². The Kier molecular flexibility index (Phi) is 5.99. The van der Waals surface area contributed by atoms with Crippen LogP contribution in [-0.2, 0) is 6.42 Å². The molecule has 0 aliphatic rings. The standard InChI is InChI=1S/C24H27NO2S/c1-14-15(2)17(4)22(18(5)16(14)3)13-20-10-11-23(27-20)24(26)25-19-8-7-9-21(12-19)28-6/h7-12H,13H2,1-6H3,(H,25,26). The van der Waals surface area contributed by atoms with E-state index in [1.54, 1.807) is 17.8 Å². The second-order valence-electron chi connectivity index (χ2n) is 7.23. The molecule has 0 aliphatic heterocycles. The fourth-order valence-corrected chi connectivity index (χ4v) is 3.97. The molecule has 3 aromatic rings. The normalized spacial score (nSPS) is 10.9.